The van der Waals surface area contributed by atoms with E-state index in [1.165, 1.54) is 0 Å². The molecule has 1 aromatic carbocycles. The fourth-order valence-corrected chi connectivity index (χ4v) is 2.29. The summed E-state index contributed by atoms with van der Waals surface area (Å²) in [5.41, 5.74) is 1.50. The van der Waals surface area contributed by atoms with E-state index in [-0.39, 0.29) is 18.1 Å². The summed E-state index contributed by atoms with van der Waals surface area (Å²) < 4.78 is 3.12. The van der Waals surface area contributed by atoms with E-state index >= 15 is 0 Å². The van der Waals surface area contributed by atoms with Crippen LogP contribution >= 0.6 is 0 Å². The van der Waals surface area contributed by atoms with E-state index in [0.717, 1.165) is 30.4 Å². The summed E-state index contributed by atoms with van der Waals surface area (Å²) in [6.45, 7) is 2.92. The fraction of sp³-hybridized carbons (Fsp3) is 0.467. The minimum Gasteiger partial charge on any atom is -0.344 e. The molecule has 1 amide bonds. The van der Waals surface area contributed by atoms with Crippen LogP contribution in [0.1, 0.15) is 19.8 Å². The number of rotatable bonds is 5. The van der Waals surface area contributed by atoms with Gasteiger partial charge in [0, 0.05) is 20.6 Å². The van der Waals surface area contributed by atoms with Crippen LogP contribution in [0.3, 0.4) is 0 Å². The predicted octanol–water partition coefficient (Wildman–Crippen LogP) is 1.60. The highest BCUT2D eigenvalue weighted by atomic mass is 16.2. The third kappa shape index (κ3) is 2.61. The molecule has 0 saturated carbocycles. The van der Waals surface area contributed by atoms with Gasteiger partial charge in [-0.1, -0.05) is 25.5 Å². The van der Waals surface area contributed by atoms with Gasteiger partial charge in [-0.3, -0.25) is 13.9 Å². The maximum absolute atomic E-state index is 12.2. The molecule has 0 saturated heterocycles. The number of imidazole rings is 1. The summed E-state index contributed by atoms with van der Waals surface area (Å²) in [5, 5.41) is 0. The van der Waals surface area contributed by atoms with Crippen molar-refractivity contribution >= 4 is 16.9 Å². The lowest BCUT2D eigenvalue weighted by molar-refractivity contribution is -0.130. The number of para-hydroxylation sites is 2. The molecule has 0 atom stereocenters. The smallest absolute Gasteiger partial charge is 0.329 e. The van der Waals surface area contributed by atoms with Crippen LogP contribution in [0.5, 0.6) is 0 Å². The van der Waals surface area contributed by atoms with Gasteiger partial charge >= 0.3 is 5.69 Å². The van der Waals surface area contributed by atoms with Crippen molar-refractivity contribution in [1.29, 1.82) is 0 Å². The van der Waals surface area contributed by atoms with E-state index in [1.807, 2.05) is 24.3 Å². The zero-order chi connectivity index (χ0) is 14.7. The monoisotopic (exact) mass is 275 g/mol. The summed E-state index contributed by atoms with van der Waals surface area (Å²) in [6.07, 6.45) is 2.03. The van der Waals surface area contributed by atoms with Crippen molar-refractivity contribution < 1.29 is 4.79 Å². The van der Waals surface area contributed by atoms with Crippen LogP contribution in [0.25, 0.3) is 11.0 Å². The summed E-state index contributed by atoms with van der Waals surface area (Å²) in [7, 11) is 3.51. The Bertz CT molecular complexity index is 669. The zero-order valence-corrected chi connectivity index (χ0v) is 12.3. The lowest BCUT2D eigenvalue weighted by Crippen LogP contribution is -2.34. The van der Waals surface area contributed by atoms with Crippen molar-refractivity contribution in [1.82, 2.24) is 14.0 Å². The summed E-state index contributed by atoms with van der Waals surface area (Å²) in [6, 6.07) is 7.53. The minimum absolute atomic E-state index is 0.0306. The van der Waals surface area contributed by atoms with Crippen molar-refractivity contribution in [2.75, 3.05) is 13.6 Å². The number of hydrogen-bond donors (Lipinski definition) is 0. The number of hydrogen-bond acceptors (Lipinski definition) is 2. The quantitative estimate of drug-likeness (QED) is 0.832. The Morgan fingerprint density at radius 2 is 1.90 bits per heavy atom. The lowest BCUT2D eigenvalue weighted by Gasteiger charge is -2.16. The second kappa shape index (κ2) is 5.94. The highest BCUT2D eigenvalue weighted by Crippen LogP contribution is 2.11. The van der Waals surface area contributed by atoms with E-state index in [0.29, 0.717) is 0 Å². The maximum Gasteiger partial charge on any atom is 0.329 e. The van der Waals surface area contributed by atoms with Crippen LogP contribution in [0, 0.1) is 0 Å². The number of likely N-dealkylation sites (N-methyl/N-ethyl adjacent to an activating group) is 1. The van der Waals surface area contributed by atoms with Crippen LogP contribution in [0.4, 0.5) is 0 Å². The zero-order valence-electron chi connectivity index (χ0n) is 12.3. The molecule has 0 fully saturated rings. The predicted molar refractivity (Wildman–Crippen MR) is 79.7 cm³/mol. The molecule has 20 heavy (non-hydrogen) atoms. The van der Waals surface area contributed by atoms with Gasteiger partial charge in [-0.15, -0.1) is 0 Å². The minimum atomic E-state index is -0.150. The molecule has 5 heteroatoms. The molecule has 1 heterocycles. The molecule has 0 radical (unpaired) electrons. The Morgan fingerprint density at radius 3 is 2.55 bits per heavy atom. The van der Waals surface area contributed by atoms with Gasteiger partial charge in [0.2, 0.25) is 5.91 Å². The first kappa shape index (κ1) is 14.4. The van der Waals surface area contributed by atoms with Crippen LogP contribution in [-0.2, 0) is 18.4 Å². The third-order valence-electron chi connectivity index (χ3n) is 3.62. The molecule has 5 nitrogen and oxygen atoms in total. The molecule has 0 unspecified atom stereocenters. The number of amides is 1. The second-order valence-electron chi connectivity index (χ2n) is 5.09. The van der Waals surface area contributed by atoms with E-state index in [4.69, 9.17) is 0 Å². The van der Waals surface area contributed by atoms with Gasteiger partial charge < -0.3 is 4.90 Å². The Kier molecular flexibility index (Phi) is 4.27. The molecular weight excluding hydrogens is 254 g/mol. The van der Waals surface area contributed by atoms with Crippen molar-refractivity contribution in [3.8, 4) is 0 Å². The molecule has 0 aliphatic rings. The first-order valence-electron chi connectivity index (χ1n) is 6.94. The first-order valence-corrected chi connectivity index (χ1v) is 6.94. The molecular formula is C15H21N3O2. The summed E-state index contributed by atoms with van der Waals surface area (Å²) in [5.74, 6) is -0.0306. The lowest BCUT2D eigenvalue weighted by atomic mass is 10.3. The largest absolute Gasteiger partial charge is 0.344 e. The van der Waals surface area contributed by atoms with Gasteiger partial charge in [-0.25, -0.2) is 4.79 Å². The van der Waals surface area contributed by atoms with Crippen molar-refractivity contribution in [3.63, 3.8) is 0 Å². The number of fused-ring (bicyclic) bond motifs is 1. The number of carbonyl (C=O) groups excluding carboxylic acids is 1. The molecule has 2 aromatic rings. The van der Waals surface area contributed by atoms with Crippen LogP contribution < -0.4 is 5.69 Å². The van der Waals surface area contributed by atoms with Gasteiger partial charge in [0.05, 0.1) is 11.0 Å². The Morgan fingerprint density at radius 1 is 1.25 bits per heavy atom. The number of benzene rings is 1. The molecule has 108 valence electrons. The van der Waals surface area contributed by atoms with E-state index in [9.17, 15) is 9.59 Å². The topological polar surface area (TPSA) is 47.2 Å². The standard InChI is InChI=1S/C15H21N3O2/c1-4-5-10-16(2)14(19)11-18-13-9-7-6-8-12(13)17(3)15(18)20/h6-9H,4-5,10-11H2,1-3H3. The van der Waals surface area contributed by atoms with Crippen LogP contribution in [0.15, 0.2) is 29.1 Å². The second-order valence-corrected chi connectivity index (χ2v) is 5.09. The van der Waals surface area contributed by atoms with Crippen molar-refractivity contribution in [2.24, 2.45) is 7.05 Å². The number of aryl methyl sites for hydroxylation is 1. The molecule has 0 spiro atoms. The molecule has 0 N–H and O–H groups in total. The first-order chi connectivity index (χ1) is 9.56. The molecule has 1 aromatic heterocycles. The third-order valence-corrected chi connectivity index (χ3v) is 3.62. The Labute approximate surface area is 118 Å². The van der Waals surface area contributed by atoms with E-state index in [1.54, 1.807) is 28.1 Å². The average Bonchev–Trinajstić information content (AvgIpc) is 2.70. The van der Waals surface area contributed by atoms with E-state index < -0.39 is 0 Å². The highest BCUT2D eigenvalue weighted by Gasteiger charge is 2.15. The SMILES string of the molecule is CCCCN(C)C(=O)Cn1c(=O)n(C)c2ccccc21. The molecule has 0 bridgehead atoms. The average molecular weight is 275 g/mol. The van der Waals surface area contributed by atoms with Crippen molar-refractivity contribution in [3.05, 3.63) is 34.7 Å². The van der Waals surface area contributed by atoms with Gasteiger partial charge in [-0.2, -0.15) is 0 Å². The normalized spacial score (nSPS) is 10.9. The van der Waals surface area contributed by atoms with Gasteiger partial charge in [-0.05, 0) is 18.6 Å². The Hall–Kier alpha value is -2.04. The van der Waals surface area contributed by atoms with E-state index in [2.05, 4.69) is 6.92 Å². The van der Waals surface area contributed by atoms with Crippen LogP contribution in [-0.4, -0.2) is 33.5 Å². The fourth-order valence-electron chi connectivity index (χ4n) is 2.29. The molecule has 2 rings (SSSR count). The molecule has 0 aliphatic heterocycles. The van der Waals surface area contributed by atoms with Gasteiger partial charge in [0.15, 0.2) is 0 Å². The molecule has 0 aliphatic carbocycles. The van der Waals surface area contributed by atoms with Crippen LogP contribution in [0.2, 0.25) is 0 Å². The number of aromatic nitrogens is 2. The Balaban J connectivity index is 2.28. The van der Waals surface area contributed by atoms with Gasteiger partial charge in [0.25, 0.3) is 0 Å². The van der Waals surface area contributed by atoms with Crippen molar-refractivity contribution in [2.45, 2.75) is 26.3 Å². The number of unbranched alkanes of at least 4 members (excludes halogenated alkanes) is 1. The number of nitrogens with zero attached hydrogens (tertiary/aromatic N) is 3. The van der Waals surface area contributed by atoms with Gasteiger partial charge in [0.1, 0.15) is 6.54 Å². The highest BCUT2D eigenvalue weighted by molar-refractivity contribution is 5.80. The summed E-state index contributed by atoms with van der Waals surface area (Å²) >= 11 is 0. The maximum atomic E-state index is 12.2. The number of carbonyl (C=O) groups is 1. The summed E-state index contributed by atoms with van der Waals surface area (Å²) in [4.78, 5) is 26.1.